The number of aromatic nitrogens is 3. The van der Waals surface area contributed by atoms with Crippen LogP contribution in [0.2, 0.25) is 0 Å². The van der Waals surface area contributed by atoms with Crippen LogP contribution in [0.4, 0.5) is 4.79 Å². The lowest BCUT2D eigenvalue weighted by Gasteiger charge is -2.35. The third kappa shape index (κ3) is 16.0. The van der Waals surface area contributed by atoms with Crippen molar-refractivity contribution < 1.29 is 43.3 Å². The standard InChI is InChI=1S/C50H75N9O9/c1-11-33(6)43(47(64)52-29-36-20-15-16-23-59(36)67)56-44(61)37(32(4)5)27-42(60)38(24-31(2)3)54-46(63)41(26-35-28-51-30-53-35)57(10)48(65)39(25-34-18-13-12-14-19-34)55-45(62)40-21-17-22-58(40)49(66)68-50(7,8)9/h12-16,18-20,23,28,30-33,37-43,60H,11,17,21-22,24-27,29H2,1-10H3,(H,51,53)(H,52,64)(H,54,63)(H,55,62)(H,56,61)/t33-,37+,38+,39+,40+,41+,42+,43+/m1/s1. The highest BCUT2D eigenvalue weighted by atomic mass is 16.6. The van der Waals surface area contributed by atoms with Crippen molar-refractivity contribution in [1.29, 1.82) is 0 Å². The van der Waals surface area contributed by atoms with Crippen LogP contribution in [0.15, 0.2) is 67.3 Å². The van der Waals surface area contributed by atoms with Crippen LogP contribution in [0, 0.1) is 28.9 Å². The van der Waals surface area contributed by atoms with Gasteiger partial charge in [0.05, 0.1) is 18.5 Å². The average Bonchev–Trinajstić information content (AvgIpc) is 4.00. The Hall–Kier alpha value is -6.04. The first-order chi connectivity index (χ1) is 32.1. The summed E-state index contributed by atoms with van der Waals surface area (Å²) < 4.78 is 6.26. The molecule has 1 fully saturated rings. The zero-order chi connectivity index (χ0) is 50.3. The van der Waals surface area contributed by atoms with Crippen molar-refractivity contribution in [3.05, 3.63) is 89.4 Å². The molecule has 0 bridgehead atoms. The van der Waals surface area contributed by atoms with Crippen LogP contribution >= 0.6 is 0 Å². The number of aliphatic hydroxyl groups is 1. The summed E-state index contributed by atoms with van der Waals surface area (Å²) in [5.74, 6) is -3.86. The van der Waals surface area contributed by atoms with Crippen LogP contribution < -0.4 is 26.0 Å². The number of hydrogen-bond donors (Lipinski definition) is 6. The topological polar surface area (TPSA) is 242 Å². The monoisotopic (exact) mass is 946 g/mol. The van der Waals surface area contributed by atoms with E-state index in [1.807, 2.05) is 71.9 Å². The van der Waals surface area contributed by atoms with Gasteiger partial charge >= 0.3 is 6.09 Å². The van der Waals surface area contributed by atoms with E-state index in [2.05, 4.69) is 31.2 Å². The van der Waals surface area contributed by atoms with Crippen LogP contribution in [-0.4, -0.2) is 116 Å². The number of rotatable bonds is 23. The molecule has 0 radical (unpaired) electrons. The van der Waals surface area contributed by atoms with E-state index in [9.17, 15) is 39.1 Å². The molecule has 8 atom stereocenters. The number of aromatic amines is 1. The Morgan fingerprint density at radius 3 is 2.24 bits per heavy atom. The maximum atomic E-state index is 14.8. The molecule has 4 rings (SSSR count). The second-order valence-electron chi connectivity index (χ2n) is 19.8. The van der Waals surface area contributed by atoms with Crippen LogP contribution in [0.1, 0.15) is 111 Å². The van der Waals surface area contributed by atoms with Crippen molar-refractivity contribution in [2.24, 2.45) is 23.7 Å². The maximum Gasteiger partial charge on any atom is 0.410 e. The number of imidazole rings is 1. The molecular weight excluding hydrogens is 871 g/mol. The molecule has 0 aliphatic carbocycles. The van der Waals surface area contributed by atoms with Gasteiger partial charge in [0.2, 0.25) is 35.2 Å². The van der Waals surface area contributed by atoms with Gasteiger partial charge in [-0.25, -0.2) is 9.78 Å². The average molecular weight is 946 g/mol. The van der Waals surface area contributed by atoms with Crippen molar-refractivity contribution in [1.82, 2.24) is 41.0 Å². The summed E-state index contributed by atoms with van der Waals surface area (Å²) >= 11 is 0. The molecule has 0 spiro atoms. The van der Waals surface area contributed by atoms with Crippen molar-refractivity contribution >= 4 is 35.6 Å². The molecule has 0 unspecified atom stereocenters. The predicted octanol–water partition coefficient (Wildman–Crippen LogP) is 3.94. The van der Waals surface area contributed by atoms with Gasteiger partial charge in [-0.2, -0.15) is 4.73 Å². The smallest absolute Gasteiger partial charge is 0.410 e. The van der Waals surface area contributed by atoms with E-state index in [-0.39, 0.29) is 43.6 Å². The molecule has 374 valence electrons. The van der Waals surface area contributed by atoms with E-state index in [1.54, 1.807) is 45.2 Å². The van der Waals surface area contributed by atoms with Crippen LogP contribution in [-0.2, 0) is 48.1 Å². The molecule has 2 aromatic heterocycles. The Labute approximate surface area is 401 Å². The minimum Gasteiger partial charge on any atom is -0.618 e. The van der Waals surface area contributed by atoms with Crippen molar-refractivity contribution in [2.75, 3.05) is 13.6 Å². The number of pyridine rings is 1. The molecule has 18 nitrogen and oxygen atoms in total. The fraction of sp³-hybridized carbons (Fsp3) is 0.600. The SMILES string of the molecule is CC[C@@H](C)[C@H](NC(=O)[C@@H](C[C@H](O)[C@H](CC(C)C)NC(=O)[C@H](Cc1cnc[nH]1)N(C)C(=O)[C@H](Cc1ccccc1)NC(=O)[C@@H]1CCCN1C(=O)OC(C)(C)C)C(C)C)C(=O)NCc1cccc[n+]1[O-]. The number of likely N-dealkylation sites (tertiary alicyclic amines) is 1. The molecule has 0 saturated carbocycles. The Morgan fingerprint density at radius 2 is 1.63 bits per heavy atom. The molecule has 68 heavy (non-hydrogen) atoms. The highest BCUT2D eigenvalue weighted by Gasteiger charge is 2.41. The zero-order valence-corrected chi connectivity index (χ0v) is 41.5. The summed E-state index contributed by atoms with van der Waals surface area (Å²) in [6, 6.07) is 9.10. The van der Waals surface area contributed by atoms with Crippen LogP contribution in [0.25, 0.3) is 0 Å². The first-order valence-corrected chi connectivity index (χ1v) is 23.9. The van der Waals surface area contributed by atoms with E-state index in [0.29, 0.717) is 48.3 Å². The highest BCUT2D eigenvalue weighted by molar-refractivity contribution is 5.94. The number of carbonyl (C=O) groups is 6. The molecule has 6 amide bonds. The molecule has 1 aromatic carbocycles. The molecule has 6 N–H and O–H groups in total. The van der Waals surface area contributed by atoms with Gasteiger partial charge in [-0.1, -0.05) is 78.3 Å². The normalized spacial score (nSPS) is 17.0. The van der Waals surface area contributed by atoms with Crippen LogP contribution in [0.3, 0.4) is 0 Å². The lowest BCUT2D eigenvalue weighted by atomic mass is 9.85. The third-order valence-electron chi connectivity index (χ3n) is 12.5. The number of nitrogens with zero attached hydrogens (tertiary/aromatic N) is 4. The van der Waals surface area contributed by atoms with Crippen molar-refractivity contribution in [3.63, 3.8) is 0 Å². The minimum absolute atomic E-state index is 0.00873. The molecule has 1 saturated heterocycles. The number of H-pyrrole nitrogens is 1. The number of benzene rings is 1. The summed E-state index contributed by atoms with van der Waals surface area (Å²) in [5, 5.41) is 35.9. The van der Waals surface area contributed by atoms with E-state index in [4.69, 9.17) is 4.74 Å². The number of amides is 6. The summed E-state index contributed by atoms with van der Waals surface area (Å²) in [4.78, 5) is 94.1. The fourth-order valence-corrected chi connectivity index (χ4v) is 8.36. The maximum absolute atomic E-state index is 14.8. The van der Waals surface area contributed by atoms with Gasteiger partial charge in [-0.15, -0.1) is 0 Å². The number of carbonyl (C=O) groups excluding carboxylic acids is 6. The molecule has 3 aromatic rings. The third-order valence-corrected chi connectivity index (χ3v) is 12.5. The summed E-state index contributed by atoms with van der Waals surface area (Å²) in [6.45, 7) is 16.9. The van der Waals surface area contributed by atoms with Crippen molar-refractivity contribution in [2.45, 2.75) is 156 Å². The highest BCUT2D eigenvalue weighted by Crippen LogP contribution is 2.25. The number of ether oxygens (including phenoxy) is 1. The molecule has 18 heteroatoms. The van der Waals surface area contributed by atoms with Gasteiger partial charge < -0.3 is 46.2 Å². The number of likely N-dealkylation sites (N-methyl/N-ethyl adjacent to an activating group) is 1. The summed E-state index contributed by atoms with van der Waals surface area (Å²) in [6.07, 6.45) is 4.41. The van der Waals surface area contributed by atoms with Crippen LogP contribution in [0.5, 0.6) is 0 Å². The van der Waals surface area contributed by atoms with Gasteiger partial charge in [-0.05, 0) is 75.8 Å². The van der Waals surface area contributed by atoms with E-state index in [1.165, 1.54) is 29.4 Å². The molecular formula is C50H75N9O9. The van der Waals surface area contributed by atoms with E-state index < -0.39 is 83.5 Å². The largest absolute Gasteiger partial charge is 0.618 e. The summed E-state index contributed by atoms with van der Waals surface area (Å²) in [5.41, 5.74) is 0.874. The number of aliphatic hydroxyl groups excluding tert-OH is 1. The molecule has 3 heterocycles. The fourth-order valence-electron chi connectivity index (χ4n) is 8.36. The van der Waals surface area contributed by atoms with E-state index >= 15 is 0 Å². The number of hydrogen-bond acceptors (Lipinski definition) is 10. The Bertz CT molecular complexity index is 2110. The quantitative estimate of drug-likeness (QED) is 0.0591. The minimum atomic E-state index is -1.22. The second-order valence-corrected chi connectivity index (χ2v) is 19.8. The Kier molecular flexibility index (Phi) is 20.4. The van der Waals surface area contributed by atoms with Gasteiger partial charge in [-0.3, -0.25) is 28.9 Å². The first-order valence-electron chi connectivity index (χ1n) is 23.9. The van der Waals surface area contributed by atoms with E-state index in [0.717, 1.165) is 5.56 Å². The lowest BCUT2D eigenvalue weighted by molar-refractivity contribution is -0.614. The first kappa shape index (κ1) is 54.6. The Balaban J connectivity index is 1.57. The predicted molar refractivity (Wildman–Crippen MR) is 256 cm³/mol. The van der Waals surface area contributed by atoms with Crippen molar-refractivity contribution in [3.8, 4) is 0 Å². The van der Waals surface area contributed by atoms with Gasteiger partial charge in [0.25, 0.3) is 0 Å². The van der Waals surface area contributed by atoms with Gasteiger partial charge in [0.1, 0.15) is 36.3 Å². The number of nitrogens with one attached hydrogen (secondary N) is 5. The van der Waals surface area contributed by atoms with Gasteiger partial charge in [0.15, 0.2) is 6.20 Å². The molecule has 1 aliphatic heterocycles. The van der Waals surface area contributed by atoms with Gasteiger partial charge in [0, 0.05) is 56.4 Å². The zero-order valence-electron chi connectivity index (χ0n) is 41.5. The molecule has 1 aliphatic rings. The Morgan fingerprint density at radius 1 is 0.941 bits per heavy atom. The lowest BCUT2D eigenvalue weighted by Crippen LogP contribution is -2.59. The summed E-state index contributed by atoms with van der Waals surface area (Å²) in [7, 11) is 1.49. The second kappa shape index (κ2) is 25.4.